The number of hydrogen-bond acceptors (Lipinski definition) is 4. The molecule has 1 aromatic heterocycles. The van der Waals surface area contributed by atoms with Crippen molar-refractivity contribution >= 4 is 17.5 Å². The van der Waals surface area contributed by atoms with E-state index in [9.17, 15) is 9.90 Å². The molecule has 0 radical (unpaired) electrons. The topological polar surface area (TPSA) is 78.5 Å². The van der Waals surface area contributed by atoms with Crippen LogP contribution in [0.5, 0.6) is 5.75 Å². The van der Waals surface area contributed by atoms with Gasteiger partial charge in [0.15, 0.2) is 0 Å². The molecule has 4 rings (SSSR count). The first-order valence-corrected chi connectivity index (χ1v) is 10.0. The van der Waals surface area contributed by atoms with Crippen LogP contribution in [0.25, 0.3) is 11.3 Å². The number of carbonyl (C=O) groups excluding carboxylic acids is 1. The Hall–Kier alpha value is -2.83. The lowest BCUT2D eigenvalue weighted by atomic mass is 9.95. The molecule has 2 heterocycles. The van der Waals surface area contributed by atoms with Gasteiger partial charge in [-0.15, -0.1) is 0 Å². The summed E-state index contributed by atoms with van der Waals surface area (Å²) in [5.74, 6) is 0.0181. The van der Waals surface area contributed by atoms with Gasteiger partial charge in [-0.1, -0.05) is 35.9 Å². The smallest absolute Gasteiger partial charge is 0.273 e. The molecule has 150 valence electrons. The van der Waals surface area contributed by atoms with E-state index in [1.165, 1.54) is 0 Å². The highest BCUT2D eigenvalue weighted by molar-refractivity contribution is 6.30. The van der Waals surface area contributed by atoms with E-state index in [0.29, 0.717) is 41.7 Å². The molecule has 1 atom stereocenters. The highest BCUT2D eigenvalue weighted by Gasteiger charge is 2.42. The van der Waals surface area contributed by atoms with Gasteiger partial charge in [-0.2, -0.15) is 5.10 Å². The number of nitrogens with one attached hydrogen (secondary N) is 1. The normalized spacial score (nSPS) is 15.7. The lowest BCUT2D eigenvalue weighted by Gasteiger charge is -2.26. The fourth-order valence-corrected chi connectivity index (χ4v) is 3.91. The number of phenols is 1. The first-order chi connectivity index (χ1) is 14.1. The molecular formula is C22H22ClN3O3. The number of fused-ring (bicyclic) bond motifs is 1. The SMILES string of the molecule is CCOCCCN1C(=O)c2[nH]nc(-c3ccccc3O)c2[C@@H]1c1ccc(Cl)cc1. The van der Waals surface area contributed by atoms with Crippen LogP contribution in [-0.4, -0.2) is 45.9 Å². The average Bonchev–Trinajstić information content (AvgIpc) is 3.26. The highest BCUT2D eigenvalue weighted by Crippen LogP contribution is 2.44. The molecule has 1 amide bonds. The van der Waals surface area contributed by atoms with E-state index in [1.807, 2.05) is 42.2 Å². The van der Waals surface area contributed by atoms with Gasteiger partial charge >= 0.3 is 0 Å². The molecule has 1 aliphatic heterocycles. The predicted molar refractivity (Wildman–Crippen MR) is 111 cm³/mol. The van der Waals surface area contributed by atoms with Crippen LogP contribution in [0.1, 0.15) is 41.0 Å². The number of amides is 1. The zero-order valence-electron chi connectivity index (χ0n) is 16.1. The average molecular weight is 412 g/mol. The number of phenolic OH excluding ortho intramolecular Hbond substituents is 1. The zero-order valence-corrected chi connectivity index (χ0v) is 16.8. The Balaban J connectivity index is 1.78. The monoisotopic (exact) mass is 411 g/mol. The number of nitrogens with zero attached hydrogens (tertiary/aromatic N) is 2. The number of carbonyl (C=O) groups is 1. The van der Waals surface area contributed by atoms with Crippen LogP contribution in [0.3, 0.4) is 0 Å². The lowest BCUT2D eigenvalue weighted by Crippen LogP contribution is -2.31. The van der Waals surface area contributed by atoms with Crippen LogP contribution in [0.2, 0.25) is 5.02 Å². The quantitative estimate of drug-likeness (QED) is 0.564. The summed E-state index contributed by atoms with van der Waals surface area (Å²) in [5.41, 5.74) is 3.34. The van der Waals surface area contributed by atoms with Crippen molar-refractivity contribution in [2.24, 2.45) is 0 Å². The number of aromatic hydroxyl groups is 1. The Bertz CT molecular complexity index is 1020. The van der Waals surface area contributed by atoms with Crippen LogP contribution in [0.15, 0.2) is 48.5 Å². The van der Waals surface area contributed by atoms with Crippen LogP contribution in [-0.2, 0) is 4.74 Å². The molecule has 0 saturated carbocycles. The van der Waals surface area contributed by atoms with Gasteiger partial charge in [0.05, 0.1) is 6.04 Å². The van der Waals surface area contributed by atoms with Gasteiger partial charge in [0.25, 0.3) is 5.91 Å². The van der Waals surface area contributed by atoms with Crippen LogP contribution >= 0.6 is 11.6 Å². The van der Waals surface area contributed by atoms with E-state index >= 15 is 0 Å². The van der Waals surface area contributed by atoms with E-state index in [0.717, 1.165) is 17.5 Å². The summed E-state index contributed by atoms with van der Waals surface area (Å²) >= 11 is 6.08. The van der Waals surface area contributed by atoms with Crippen molar-refractivity contribution in [3.8, 4) is 17.0 Å². The number of ether oxygens (including phenoxy) is 1. The van der Waals surface area contributed by atoms with E-state index in [4.69, 9.17) is 16.3 Å². The number of halogens is 1. The first kappa shape index (κ1) is 19.5. The Morgan fingerprint density at radius 2 is 1.97 bits per heavy atom. The van der Waals surface area contributed by atoms with Crippen molar-refractivity contribution in [2.75, 3.05) is 19.8 Å². The molecule has 0 bridgehead atoms. The summed E-state index contributed by atoms with van der Waals surface area (Å²) in [6.07, 6.45) is 0.729. The van der Waals surface area contributed by atoms with Crippen molar-refractivity contribution in [3.63, 3.8) is 0 Å². The number of para-hydroxylation sites is 1. The third-order valence-electron chi connectivity index (χ3n) is 5.10. The molecule has 2 N–H and O–H groups in total. The van der Waals surface area contributed by atoms with Crippen molar-refractivity contribution in [3.05, 3.63) is 70.4 Å². The molecular weight excluding hydrogens is 390 g/mol. The summed E-state index contributed by atoms with van der Waals surface area (Å²) < 4.78 is 5.44. The van der Waals surface area contributed by atoms with Gasteiger partial charge in [-0.3, -0.25) is 9.89 Å². The summed E-state index contributed by atoms with van der Waals surface area (Å²) in [5, 5.41) is 18.3. The van der Waals surface area contributed by atoms with E-state index < -0.39 is 0 Å². The minimum atomic E-state index is -0.315. The Morgan fingerprint density at radius 3 is 2.69 bits per heavy atom. The molecule has 0 unspecified atom stereocenters. The molecule has 7 heteroatoms. The molecule has 6 nitrogen and oxygen atoms in total. The molecule has 1 aliphatic rings. The van der Waals surface area contributed by atoms with Gasteiger partial charge in [0.1, 0.15) is 17.1 Å². The van der Waals surface area contributed by atoms with E-state index in [1.54, 1.807) is 18.2 Å². The first-order valence-electron chi connectivity index (χ1n) is 9.62. The van der Waals surface area contributed by atoms with E-state index in [2.05, 4.69) is 10.2 Å². The molecule has 2 aromatic carbocycles. The summed E-state index contributed by atoms with van der Waals surface area (Å²) in [6.45, 7) is 3.74. The molecule has 0 spiro atoms. The van der Waals surface area contributed by atoms with Crippen LogP contribution in [0, 0.1) is 0 Å². The Morgan fingerprint density at radius 1 is 1.21 bits per heavy atom. The van der Waals surface area contributed by atoms with Crippen LogP contribution in [0.4, 0.5) is 0 Å². The standard InChI is InChI=1S/C22H22ClN3O3/c1-2-29-13-5-12-26-21(14-8-10-15(23)11-9-14)18-19(24-25-20(18)22(26)28)16-6-3-4-7-17(16)27/h3-4,6-11,21,27H,2,5,12-13H2,1H3,(H,24,25)/t21-/m0/s1. The van der Waals surface area contributed by atoms with Crippen molar-refractivity contribution < 1.29 is 14.6 Å². The molecule has 29 heavy (non-hydrogen) atoms. The number of hydrogen-bond donors (Lipinski definition) is 2. The Labute approximate surface area is 174 Å². The zero-order chi connectivity index (χ0) is 20.4. The molecule has 0 aliphatic carbocycles. The fourth-order valence-electron chi connectivity index (χ4n) is 3.78. The molecule has 3 aromatic rings. The van der Waals surface area contributed by atoms with Gasteiger partial charge < -0.3 is 14.7 Å². The highest BCUT2D eigenvalue weighted by atomic mass is 35.5. The van der Waals surface area contributed by atoms with Crippen molar-refractivity contribution in [1.82, 2.24) is 15.1 Å². The maximum Gasteiger partial charge on any atom is 0.273 e. The third kappa shape index (κ3) is 3.61. The maximum atomic E-state index is 13.2. The van der Waals surface area contributed by atoms with Crippen molar-refractivity contribution in [1.29, 1.82) is 0 Å². The maximum absolute atomic E-state index is 13.2. The van der Waals surface area contributed by atoms with Crippen LogP contribution < -0.4 is 0 Å². The minimum Gasteiger partial charge on any atom is -0.507 e. The fraction of sp³-hybridized carbons (Fsp3) is 0.273. The van der Waals surface area contributed by atoms with Crippen molar-refractivity contribution in [2.45, 2.75) is 19.4 Å². The second kappa shape index (κ2) is 8.27. The number of aromatic nitrogens is 2. The predicted octanol–water partition coefficient (Wildman–Crippen LogP) is 4.41. The van der Waals surface area contributed by atoms with Gasteiger partial charge in [0.2, 0.25) is 0 Å². The third-order valence-corrected chi connectivity index (χ3v) is 5.35. The summed E-state index contributed by atoms with van der Waals surface area (Å²) in [4.78, 5) is 15.0. The second-order valence-electron chi connectivity index (χ2n) is 6.88. The Kier molecular flexibility index (Phi) is 5.56. The minimum absolute atomic E-state index is 0.106. The van der Waals surface area contributed by atoms with Gasteiger partial charge in [0, 0.05) is 35.9 Å². The number of H-pyrrole nitrogens is 1. The number of benzene rings is 2. The summed E-state index contributed by atoms with van der Waals surface area (Å²) in [7, 11) is 0. The lowest BCUT2D eigenvalue weighted by molar-refractivity contribution is 0.0710. The summed E-state index contributed by atoms with van der Waals surface area (Å²) in [6, 6.07) is 14.2. The number of aromatic amines is 1. The van der Waals surface area contributed by atoms with E-state index in [-0.39, 0.29) is 17.7 Å². The molecule has 0 fully saturated rings. The largest absolute Gasteiger partial charge is 0.507 e. The number of rotatable bonds is 7. The second-order valence-corrected chi connectivity index (χ2v) is 7.32. The van der Waals surface area contributed by atoms with Gasteiger partial charge in [-0.25, -0.2) is 0 Å². The molecule has 0 saturated heterocycles. The van der Waals surface area contributed by atoms with Gasteiger partial charge in [-0.05, 0) is 43.2 Å².